The van der Waals surface area contributed by atoms with Gasteiger partial charge in [0.05, 0.1) is 0 Å². The zero-order chi connectivity index (χ0) is 13.0. The van der Waals surface area contributed by atoms with Crippen LogP contribution in [0.1, 0.15) is 45.7 Å². The third-order valence-electron chi connectivity index (χ3n) is 3.17. The minimum atomic E-state index is -0.408. The standard InChI is InChI=1S/C14H22FNO/c1-5-13(9(2)3)16-10(4)12-7-6-11(15)8-14(12)17/h6-10,13,16-17H,5H2,1-4H3. The molecule has 0 aliphatic heterocycles. The van der Waals surface area contributed by atoms with Gasteiger partial charge in [-0.25, -0.2) is 4.39 Å². The van der Waals surface area contributed by atoms with Gasteiger partial charge in [-0.2, -0.15) is 0 Å². The molecule has 17 heavy (non-hydrogen) atoms. The van der Waals surface area contributed by atoms with Crippen molar-refractivity contribution >= 4 is 0 Å². The zero-order valence-corrected chi connectivity index (χ0v) is 11.0. The van der Waals surface area contributed by atoms with Crippen LogP contribution in [-0.4, -0.2) is 11.1 Å². The Morgan fingerprint density at radius 3 is 2.41 bits per heavy atom. The van der Waals surface area contributed by atoms with Gasteiger partial charge in [-0.15, -0.1) is 0 Å². The van der Waals surface area contributed by atoms with Crippen LogP contribution >= 0.6 is 0 Å². The molecule has 2 N–H and O–H groups in total. The van der Waals surface area contributed by atoms with Gasteiger partial charge in [0.25, 0.3) is 0 Å². The molecule has 0 heterocycles. The van der Waals surface area contributed by atoms with Crippen molar-refractivity contribution in [1.29, 1.82) is 0 Å². The number of benzene rings is 1. The van der Waals surface area contributed by atoms with Crippen molar-refractivity contribution in [1.82, 2.24) is 5.32 Å². The van der Waals surface area contributed by atoms with Crippen LogP contribution in [0.2, 0.25) is 0 Å². The van der Waals surface area contributed by atoms with E-state index in [1.807, 2.05) is 6.92 Å². The summed E-state index contributed by atoms with van der Waals surface area (Å²) in [6, 6.07) is 4.58. The molecule has 0 radical (unpaired) electrons. The summed E-state index contributed by atoms with van der Waals surface area (Å²) in [5, 5.41) is 13.2. The summed E-state index contributed by atoms with van der Waals surface area (Å²) in [7, 11) is 0. The van der Waals surface area contributed by atoms with Crippen LogP contribution in [0.3, 0.4) is 0 Å². The molecule has 0 saturated carbocycles. The highest BCUT2D eigenvalue weighted by molar-refractivity contribution is 5.34. The predicted molar refractivity (Wildman–Crippen MR) is 68.5 cm³/mol. The summed E-state index contributed by atoms with van der Waals surface area (Å²) >= 11 is 0. The lowest BCUT2D eigenvalue weighted by Gasteiger charge is -2.26. The molecule has 0 aliphatic carbocycles. The van der Waals surface area contributed by atoms with Crippen LogP contribution in [0.15, 0.2) is 18.2 Å². The van der Waals surface area contributed by atoms with Crippen molar-refractivity contribution < 1.29 is 9.50 Å². The number of nitrogens with one attached hydrogen (secondary N) is 1. The quantitative estimate of drug-likeness (QED) is 0.822. The third kappa shape index (κ3) is 3.70. The van der Waals surface area contributed by atoms with Gasteiger partial charge in [-0.3, -0.25) is 0 Å². The second-order valence-corrected chi connectivity index (χ2v) is 4.85. The summed E-state index contributed by atoms with van der Waals surface area (Å²) < 4.78 is 12.9. The summed E-state index contributed by atoms with van der Waals surface area (Å²) in [6.45, 7) is 8.45. The zero-order valence-electron chi connectivity index (χ0n) is 11.0. The first-order valence-corrected chi connectivity index (χ1v) is 6.20. The highest BCUT2D eigenvalue weighted by Gasteiger charge is 2.17. The van der Waals surface area contributed by atoms with Crippen LogP contribution < -0.4 is 5.32 Å². The molecule has 1 aromatic carbocycles. The van der Waals surface area contributed by atoms with Crippen molar-refractivity contribution in [2.45, 2.75) is 46.2 Å². The minimum Gasteiger partial charge on any atom is -0.508 e. The van der Waals surface area contributed by atoms with Crippen LogP contribution in [0.5, 0.6) is 5.75 Å². The van der Waals surface area contributed by atoms with E-state index in [2.05, 4.69) is 26.1 Å². The summed E-state index contributed by atoms with van der Waals surface area (Å²) in [4.78, 5) is 0. The van der Waals surface area contributed by atoms with Crippen LogP contribution in [0.4, 0.5) is 4.39 Å². The molecule has 0 spiro atoms. The molecule has 3 heteroatoms. The summed E-state index contributed by atoms with van der Waals surface area (Å²) in [5.74, 6) is 0.142. The smallest absolute Gasteiger partial charge is 0.126 e. The number of phenols is 1. The lowest BCUT2D eigenvalue weighted by molar-refractivity contribution is 0.349. The van der Waals surface area contributed by atoms with E-state index in [-0.39, 0.29) is 11.8 Å². The number of hydrogen-bond donors (Lipinski definition) is 2. The highest BCUT2D eigenvalue weighted by atomic mass is 19.1. The molecular weight excluding hydrogens is 217 g/mol. The molecule has 2 nitrogen and oxygen atoms in total. The summed E-state index contributed by atoms with van der Waals surface area (Å²) in [5.41, 5.74) is 0.741. The maximum atomic E-state index is 12.9. The van der Waals surface area contributed by atoms with E-state index >= 15 is 0 Å². The van der Waals surface area contributed by atoms with E-state index in [1.54, 1.807) is 6.07 Å². The van der Waals surface area contributed by atoms with Crippen molar-refractivity contribution in [3.8, 4) is 5.75 Å². The fraction of sp³-hybridized carbons (Fsp3) is 0.571. The molecule has 2 unspecified atom stereocenters. The summed E-state index contributed by atoms with van der Waals surface area (Å²) in [6.07, 6.45) is 1.03. The Hall–Kier alpha value is -1.09. The van der Waals surface area contributed by atoms with E-state index in [0.717, 1.165) is 18.1 Å². The Bertz CT molecular complexity index is 365. The molecule has 0 aromatic heterocycles. The maximum Gasteiger partial charge on any atom is 0.126 e. The van der Waals surface area contributed by atoms with Gasteiger partial charge in [0, 0.05) is 23.7 Å². The number of rotatable bonds is 5. The Morgan fingerprint density at radius 2 is 1.94 bits per heavy atom. The predicted octanol–water partition coefficient (Wildman–Crippen LogP) is 3.62. The lowest BCUT2D eigenvalue weighted by atomic mass is 9.99. The van der Waals surface area contributed by atoms with Crippen molar-refractivity contribution in [2.24, 2.45) is 5.92 Å². The van der Waals surface area contributed by atoms with Gasteiger partial charge in [0.2, 0.25) is 0 Å². The maximum absolute atomic E-state index is 12.9. The molecule has 96 valence electrons. The van der Waals surface area contributed by atoms with Gasteiger partial charge in [0.1, 0.15) is 11.6 Å². The average Bonchev–Trinajstić information content (AvgIpc) is 2.24. The Kier molecular flexibility index (Phi) is 4.94. The van der Waals surface area contributed by atoms with Gasteiger partial charge in [-0.05, 0) is 25.3 Å². The normalized spacial score (nSPS) is 14.9. The van der Waals surface area contributed by atoms with Crippen molar-refractivity contribution in [3.05, 3.63) is 29.6 Å². The fourth-order valence-electron chi connectivity index (χ4n) is 2.08. The monoisotopic (exact) mass is 239 g/mol. The number of phenolic OH excluding ortho intramolecular Hbond substituents is 1. The minimum absolute atomic E-state index is 0.0166. The molecule has 2 atom stereocenters. The Morgan fingerprint density at radius 1 is 1.29 bits per heavy atom. The van der Waals surface area contributed by atoms with Crippen LogP contribution in [-0.2, 0) is 0 Å². The van der Waals surface area contributed by atoms with Gasteiger partial charge in [-0.1, -0.05) is 26.8 Å². The third-order valence-corrected chi connectivity index (χ3v) is 3.17. The number of halogens is 1. The first-order valence-electron chi connectivity index (χ1n) is 6.20. The second-order valence-electron chi connectivity index (χ2n) is 4.85. The molecule has 0 bridgehead atoms. The van der Waals surface area contributed by atoms with E-state index in [9.17, 15) is 9.50 Å². The van der Waals surface area contributed by atoms with E-state index < -0.39 is 5.82 Å². The molecule has 1 rings (SSSR count). The molecule has 1 aromatic rings. The van der Waals surface area contributed by atoms with Crippen LogP contribution in [0, 0.1) is 11.7 Å². The molecule has 0 aliphatic rings. The van der Waals surface area contributed by atoms with E-state index in [0.29, 0.717) is 12.0 Å². The van der Waals surface area contributed by atoms with Crippen molar-refractivity contribution in [2.75, 3.05) is 0 Å². The topological polar surface area (TPSA) is 32.3 Å². The average molecular weight is 239 g/mol. The molecule has 0 amide bonds. The largest absolute Gasteiger partial charge is 0.508 e. The fourth-order valence-corrected chi connectivity index (χ4v) is 2.08. The first-order chi connectivity index (χ1) is 7.95. The Labute approximate surface area is 103 Å². The van der Waals surface area contributed by atoms with E-state index in [4.69, 9.17) is 0 Å². The number of hydrogen-bond acceptors (Lipinski definition) is 2. The lowest BCUT2D eigenvalue weighted by Crippen LogP contribution is -2.35. The second kappa shape index (κ2) is 6.01. The van der Waals surface area contributed by atoms with Gasteiger partial charge in [0.15, 0.2) is 0 Å². The van der Waals surface area contributed by atoms with Crippen molar-refractivity contribution in [3.63, 3.8) is 0 Å². The first kappa shape index (κ1) is 14.0. The Balaban J connectivity index is 2.78. The van der Waals surface area contributed by atoms with Crippen LogP contribution in [0.25, 0.3) is 0 Å². The molecular formula is C14H22FNO. The van der Waals surface area contributed by atoms with Gasteiger partial charge >= 0.3 is 0 Å². The van der Waals surface area contributed by atoms with Gasteiger partial charge < -0.3 is 10.4 Å². The SMILES string of the molecule is CCC(NC(C)c1ccc(F)cc1O)C(C)C. The molecule has 0 saturated heterocycles. The molecule has 0 fully saturated rings. The number of aromatic hydroxyl groups is 1. The van der Waals surface area contributed by atoms with E-state index in [1.165, 1.54) is 6.07 Å². The highest BCUT2D eigenvalue weighted by Crippen LogP contribution is 2.25.